The Labute approximate surface area is 237 Å². The van der Waals surface area contributed by atoms with Gasteiger partial charge in [-0.15, -0.1) is 0 Å². The molecule has 1 saturated heterocycles. The number of H-pyrrole nitrogens is 1. The van der Waals surface area contributed by atoms with E-state index in [0.29, 0.717) is 11.1 Å². The fraction of sp³-hybridized carbons (Fsp3) is 0.171. The number of nitrogens with one attached hydrogen (secondary N) is 1. The summed E-state index contributed by atoms with van der Waals surface area (Å²) in [7, 11) is 2.08. The minimum Gasteiger partial charge on any atom is -0.384 e. The molecule has 2 N–H and O–H groups in total. The largest absolute Gasteiger partial charge is 0.384 e. The second-order valence-electron chi connectivity index (χ2n) is 10.9. The molecule has 0 bridgehead atoms. The molecule has 5 nitrogen and oxygen atoms in total. The van der Waals surface area contributed by atoms with E-state index in [1.807, 2.05) is 47.4 Å². The number of aliphatic hydroxyl groups excluding tert-OH is 1. The van der Waals surface area contributed by atoms with E-state index >= 15 is 0 Å². The molecule has 1 fully saturated rings. The summed E-state index contributed by atoms with van der Waals surface area (Å²) in [4.78, 5) is 21.0. The number of carbonyl (C=O) groups is 1. The van der Waals surface area contributed by atoms with Gasteiger partial charge in [-0.2, -0.15) is 0 Å². The summed E-state index contributed by atoms with van der Waals surface area (Å²) >= 11 is 0. The van der Waals surface area contributed by atoms with Gasteiger partial charge in [-0.3, -0.25) is 4.79 Å². The van der Waals surface area contributed by atoms with Crippen molar-refractivity contribution in [1.29, 1.82) is 0 Å². The van der Waals surface area contributed by atoms with E-state index in [0.717, 1.165) is 75.4 Å². The van der Waals surface area contributed by atoms with Gasteiger partial charge in [0.05, 0.1) is 0 Å². The number of hydrogen-bond donors (Lipinski definition) is 2. The second-order valence-corrected chi connectivity index (χ2v) is 10.9. The van der Waals surface area contributed by atoms with Crippen molar-refractivity contribution in [2.45, 2.75) is 6.10 Å². The maximum Gasteiger partial charge on any atom is 0.254 e. The second kappa shape index (κ2) is 10.1. The summed E-state index contributed by atoms with van der Waals surface area (Å²) in [5.41, 5.74) is 6.17. The molecule has 6 heteroatoms. The van der Waals surface area contributed by atoms with Crippen LogP contribution in [0.5, 0.6) is 0 Å². The van der Waals surface area contributed by atoms with Gasteiger partial charge in [0.25, 0.3) is 5.91 Å². The lowest BCUT2D eigenvalue weighted by molar-refractivity contribution is 0.0664. The first-order chi connectivity index (χ1) is 20.0. The maximum absolute atomic E-state index is 13.5. The highest BCUT2D eigenvalue weighted by Gasteiger charge is 2.22. The Morgan fingerprint density at radius 3 is 2.29 bits per heavy atom. The summed E-state index contributed by atoms with van der Waals surface area (Å²) in [6.45, 7) is 3.25. The summed E-state index contributed by atoms with van der Waals surface area (Å²) in [6.07, 6.45) is -0.880. The number of amides is 1. The predicted octanol–water partition coefficient (Wildman–Crippen LogP) is 6.75. The van der Waals surface area contributed by atoms with Crippen molar-refractivity contribution in [3.8, 4) is 11.1 Å². The van der Waals surface area contributed by atoms with Crippen LogP contribution in [-0.4, -0.2) is 59.0 Å². The van der Waals surface area contributed by atoms with Gasteiger partial charge in [-0.25, -0.2) is 4.39 Å². The minimum absolute atomic E-state index is 0.0696. The first-order valence-electron chi connectivity index (χ1n) is 14.0. The molecule has 204 valence electrons. The van der Waals surface area contributed by atoms with Crippen LogP contribution >= 0.6 is 0 Å². The lowest BCUT2D eigenvalue weighted by Crippen LogP contribution is -2.47. The fourth-order valence-corrected chi connectivity index (χ4v) is 6.14. The van der Waals surface area contributed by atoms with Gasteiger partial charge in [-0.1, -0.05) is 66.7 Å². The molecule has 7 rings (SSSR count). The Morgan fingerprint density at radius 2 is 1.49 bits per heavy atom. The van der Waals surface area contributed by atoms with E-state index < -0.39 is 6.10 Å². The zero-order chi connectivity index (χ0) is 28.1. The maximum atomic E-state index is 13.5. The first kappa shape index (κ1) is 25.4. The smallest absolute Gasteiger partial charge is 0.254 e. The Balaban J connectivity index is 1.33. The number of nitrogens with zero attached hydrogens (tertiary/aromatic N) is 2. The molecule has 41 heavy (non-hydrogen) atoms. The van der Waals surface area contributed by atoms with Crippen LogP contribution in [0.1, 0.15) is 27.6 Å². The molecule has 5 aromatic carbocycles. The Morgan fingerprint density at radius 1 is 0.780 bits per heavy atom. The summed E-state index contributed by atoms with van der Waals surface area (Å²) in [6, 6.07) is 30.3. The molecular formula is C35H30FN3O2. The molecule has 6 aromatic rings. The molecule has 1 aromatic heterocycles. The summed E-state index contributed by atoms with van der Waals surface area (Å²) < 4.78 is 13.5. The quantitative estimate of drug-likeness (QED) is 0.259. The molecule has 0 spiro atoms. The number of hydrogen-bond acceptors (Lipinski definition) is 3. The first-order valence-corrected chi connectivity index (χ1v) is 14.0. The predicted molar refractivity (Wildman–Crippen MR) is 163 cm³/mol. The lowest BCUT2D eigenvalue weighted by atomic mass is 9.90. The van der Waals surface area contributed by atoms with Crippen molar-refractivity contribution in [2.75, 3.05) is 33.2 Å². The number of aromatic nitrogens is 1. The van der Waals surface area contributed by atoms with Gasteiger partial charge in [0.1, 0.15) is 11.9 Å². The molecular weight excluding hydrogens is 513 g/mol. The number of piperazine rings is 1. The van der Waals surface area contributed by atoms with E-state index in [9.17, 15) is 14.3 Å². The lowest BCUT2D eigenvalue weighted by Gasteiger charge is -2.32. The fourth-order valence-electron chi connectivity index (χ4n) is 6.14. The molecule has 0 aliphatic carbocycles. The van der Waals surface area contributed by atoms with Crippen molar-refractivity contribution in [1.82, 2.24) is 14.8 Å². The van der Waals surface area contributed by atoms with Gasteiger partial charge < -0.3 is 19.9 Å². The number of benzene rings is 5. The molecule has 1 atom stereocenters. The topological polar surface area (TPSA) is 59.6 Å². The van der Waals surface area contributed by atoms with Crippen LogP contribution in [0.25, 0.3) is 43.7 Å². The number of halogens is 1. The van der Waals surface area contributed by atoms with Crippen molar-refractivity contribution in [2.24, 2.45) is 0 Å². The van der Waals surface area contributed by atoms with Crippen LogP contribution < -0.4 is 0 Å². The van der Waals surface area contributed by atoms with Crippen molar-refractivity contribution >= 4 is 38.5 Å². The van der Waals surface area contributed by atoms with Crippen LogP contribution in [0.3, 0.4) is 0 Å². The van der Waals surface area contributed by atoms with Crippen LogP contribution in [-0.2, 0) is 0 Å². The van der Waals surface area contributed by atoms with E-state index in [1.165, 1.54) is 12.1 Å². The third-order valence-corrected chi connectivity index (χ3v) is 8.39. The Hall–Kier alpha value is -4.52. The number of aromatic amines is 1. The average molecular weight is 544 g/mol. The molecule has 1 aliphatic heterocycles. The molecule has 2 heterocycles. The van der Waals surface area contributed by atoms with Crippen LogP contribution in [0.15, 0.2) is 97.1 Å². The van der Waals surface area contributed by atoms with E-state index in [1.54, 1.807) is 12.1 Å². The van der Waals surface area contributed by atoms with E-state index in [4.69, 9.17) is 0 Å². The number of rotatable bonds is 4. The van der Waals surface area contributed by atoms with Gasteiger partial charge in [0.2, 0.25) is 0 Å². The normalized spacial score (nSPS) is 15.1. The van der Waals surface area contributed by atoms with E-state index in [2.05, 4.69) is 47.3 Å². The van der Waals surface area contributed by atoms with Gasteiger partial charge in [0.15, 0.2) is 0 Å². The highest BCUT2D eigenvalue weighted by molar-refractivity contribution is 6.17. The monoisotopic (exact) mass is 543 g/mol. The number of aliphatic hydroxyl groups is 1. The zero-order valence-electron chi connectivity index (χ0n) is 22.8. The number of likely N-dealkylation sites (N-methyl/N-ethyl adjacent to an activating group) is 1. The standard InChI is InChI=1S/C35H30FN3O2/c1-38-17-19-39(20-18-38)35(41)23-13-16-30-32(21-23)37-31-10-4-8-28(33(30)31)26-6-2-7-27-25(26)5-3-9-29(27)34(40)22-11-14-24(36)15-12-22/h2-16,21,34,37,40H,17-20H2,1H3. The van der Waals surface area contributed by atoms with Gasteiger partial charge in [0, 0.05) is 53.5 Å². The molecule has 0 radical (unpaired) electrons. The minimum atomic E-state index is -0.880. The Kier molecular flexibility index (Phi) is 6.30. The zero-order valence-corrected chi connectivity index (χ0v) is 22.8. The number of carbonyl (C=O) groups excluding carboxylic acids is 1. The van der Waals surface area contributed by atoms with Gasteiger partial charge >= 0.3 is 0 Å². The van der Waals surface area contributed by atoms with Crippen LogP contribution in [0.2, 0.25) is 0 Å². The van der Waals surface area contributed by atoms with E-state index in [-0.39, 0.29) is 11.7 Å². The van der Waals surface area contributed by atoms with Crippen LogP contribution in [0.4, 0.5) is 4.39 Å². The summed E-state index contributed by atoms with van der Waals surface area (Å²) in [5.74, 6) is -0.260. The highest BCUT2D eigenvalue weighted by atomic mass is 19.1. The molecule has 1 aliphatic rings. The Bertz CT molecular complexity index is 1920. The molecule has 1 unspecified atom stereocenters. The summed E-state index contributed by atoms with van der Waals surface area (Å²) in [5, 5.41) is 15.4. The highest BCUT2D eigenvalue weighted by Crippen LogP contribution is 2.40. The number of fused-ring (bicyclic) bond motifs is 4. The third kappa shape index (κ3) is 4.46. The van der Waals surface area contributed by atoms with Crippen molar-refractivity contribution in [3.63, 3.8) is 0 Å². The SMILES string of the molecule is CN1CCN(C(=O)c2ccc3c(c2)[nH]c2cccc(-c4cccc5c(C(O)c6ccc(F)cc6)cccc45)c23)CC1. The third-order valence-electron chi connectivity index (χ3n) is 8.39. The van der Waals surface area contributed by atoms with Crippen molar-refractivity contribution < 1.29 is 14.3 Å². The average Bonchev–Trinajstić information content (AvgIpc) is 3.39. The van der Waals surface area contributed by atoms with Crippen molar-refractivity contribution in [3.05, 3.63) is 120 Å². The molecule has 1 amide bonds. The van der Waals surface area contributed by atoms with Gasteiger partial charge in [-0.05, 0) is 70.4 Å². The molecule has 0 saturated carbocycles. The van der Waals surface area contributed by atoms with Crippen LogP contribution in [0, 0.1) is 5.82 Å².